The molecule has 1 aliphatic rings. The van der Waals surface area contributed by atoms with E-state index in [2.05, 4.69) is 15.0 Å². The first kappa shape index (κ1) is 24.8. The lowest BCUT2D eigenvalue weighted by molar-refractivity contribution is -0.127. The number of allylic oxidation sites excluding steroid dienone is 1. The highest BCUT2D eigenvalue weighted by Gasteiger charge is 2.31. The SMILES string of the molecule is CN=C/C(=C\N)c1cnc2ccc(N(CC3CCC(=O)N3C)c3cc(OC)cc(OC)c3F)nc2n1. The Kier molecular flexibility index (Phi) is 7.28. The number of carbonyl (C=O) groups excluding carboxylic acids is 1. The van der Waals surface area contributed by atoms with Crippen molar-refractivity contribution >= 4 is 40.4 Å². The second kappa shape index (κ2) is 10.5. The summed E-state index contributed by atoms with van der Waals surface area (Å²) in [5, 5.41) is 0. The van der Waals surface area contributed by atoms with Gasteiger partial charge in [0.15, 0.2) is 17.2 Å². The minimum atomic E-state index is -0.570. The summed E-state index contributed by atoms with van der Waals surface area (Å²) in [5.74, 6) is 0.357. The molecular formula is C25H28FN7O3. The highest BCUT2D eigenvalue weighted by molar-refractivity contribution is 6.09. The van der Waals surface area contributed by atoms with Crippen molar-refractivity contribution in [2.24, 2.45) is 10.7 Å². The van der Waals surface area contributed by atoms with E-state index in [1.807, 2.05) is 0 Å². The van der Waals surface area contributed by atoms with Gasteiger partial charge in [0.2, 0.25) is 5.91 Å². The fourth-order valence-corrected chi connectivity index (χ4v) is 4.14. The van der Waals surface area contributed by atoms with Gasteiger partial charge in [0.1, 0.15) is 17.1 Å². The minimum Gasteiger partial charge on any atom is -0.497 e. The predicted molar refractivity (Wildman–Crippen MR) is 136 cm³/mol. The summed E-state index contributed by atoms with van der Waals surface area (Å²) in [6.45, 7) is 0.303. The molecule has 10 nitrogen and oxygen atoms in total. The Morgan fingerprint density at radius 2 is 2.11 bits per heavy atom. The van der Waals surface area contributed by atoms with Crippen LogP contribution in [0.15, 0.2) is 41.7 Å². The quantitative estimate of drug-likeness (QED) is 0.476. The first-order chi connectivity index (χ1) is 17.4. The molecule has 0 saturated carbocycles. The minimum absolute atomic E-state index is 0.0321. The van der Waals surface area contributed by atoms with Crippen LogP contribution in [0.1, 0.15) is 18.5 Å². The molecule has 0 bridgehead atoms. The van der Waals surface area contributed by atoms with E-state index in [9.17, 15) is 4.79 Å². The van der Waals surface area contributed by atoms with Gasteiger partial charge in [0.05, 0.1) is 31.8 Å². The fraction of sp³-hybridized carbons (Fsp3) is 0.320. The van der Waals surface area contributed by atoms with Crippen LogP contribution in [0.25, 0.3) is 16.7 Å². The molecule has 1 saturated heterocycles. The number of hydrogen-bond donors (Lipinski definition) is 1. The molecule has 0 radical (unpaired) electrons. The monoisotopic (exact) mass is 493 g/mol. The third kappa shape index (κ3) is 4.77. The average molecular weight is 494 g/mol. The second-order valence-electron chi connectivity index (χ2n) is 8.25. The largest absolute Gasteiger partial charge is 0.497 e. The van der Waals surface area contributed by atoms with E-state index in [4.69, 9.17) is 20.2 Å². The molecule has 11 heteroatoms. The van der Waals surface area contributed by atoms with E-state index >= 15 is 4.39 Å². The van der Waals surface area contributed by atoms with Gasteiger partial charge < -0.3 is 25.0 Å². The third-order valence-electron chi connectivity index (χ3n) is 6.18. The predicted octanol–water partition coefficient (Wildman–Crippen LogP) is 2.94. The number of aromatic nitrogens is 3. The van der Waals surface area contributed by atoms with Crippen molar-refractivity contribution in [3.05, 3.63) is 48.2 Å². The lowest BCUT2D eigenvalue weighted by atomic mass is 10.1. The van der Waals surface area contributed by atoms with Crippen molar-refractivity contribution in [1.29, 1.82) is 0 Å². The number of anilines is 2. The van der Waals surface area contributed by atoms with Crippen molar-refractivity contribution in [3.63, 3.8) is 0 Å². The number of benzene rings is 1. The molecule has 4 rings (SSSR count). The maximum atomic E-state index is 15.6. The van der Waals surface area contributed by atoms with Crippen LogP contribution in [0.2, 0.25) is 0 Å². The van der Waals surface area contributed by atoms with Crippen LogP contribution >= 0.6 is 0 Å². The molecule has 0 spiro atoms. The fourth-order valence-electron chi connectivity index (χ4n) is 4.14. The Bertz CT molecular complexity index is 1340. The zero-order valence-electron chi connectivity index (χ0n) is 20.6. The van der Waals surface area contributed by atoms with Crippen LogP contribution in [0.3, 0.4) is 0 Å². The summed E-state index contributed by atoms with van der Waals surface area (Å²) < 4.78 is 26.2. The summed E-state index contributed by atoms with van der Waals surface area (Å²) in [6, 6.07) is 6.42. The van der Waals surface area contributed by atoms with Crippen molar-refractivity contribution in [2.45, 2.75) is 18.9 Å². The van der Waals surface area contributed by atoms with Gasteiger partial charge in [-0.15, -0.1) is 0 Å². The molecule has 188 valence electrons. The average Bonchev–Trinajstić information content (AvgIpc) is 3.22. The van der Waals surface area contributed by atoms with E-state index in [1.165, 1.54) is 26.5 Å². The Morgan fingerprint density at radius 1 is 1.31 bits per heavy atom. The van der Waals surface area contributed by atoms with Crippen LogP contribution in [0.5, 0.6) is 11.5 Å². The normalized spacial score (nSPS) is 16.2. The number of amides is 1. The summed E-state index contributed by atoms with van der Waals surface area (Å²) >= 11 is 0. The number of ether oxygens (including phenoxy) is 2. The molecule has 1 aliphatic heterocycles. The number of fused-ring (bicyclic) bond motifs is 1. The Hall–Kier alpha value is -4.28. The van der Waals surface area contributed by atoms with Gasteiger partial charge in [0, 0.05) is 63.2 Å². The number of hydrogen-bond acceptors (Lipinski definition) is 9. The summed E-state index contributed by atoms with van der Waals surface area (Å²) in [7, 11) is 6.27. The number of pyridine rings is 1. The van der Waals surface area contributed by atoms with E-state index in [-0.39, 0.29) is 23.4 Å². The number of likely N-dealkylation sites (N-methyl/N-ethyl adjacent to an activating group) is 1. The molecule has 1 atom stereocenters. The zero-order chi connectivity index (χ0) is 25.8. The van der Waals surface area contributed by atoms with E-state index < -0.39 is 5.82 Å². The first-order valence-corrected chi connectivity index (χ1v) is 11.3. The maximum absolute atomic E-state index is 15.6. The van der Waals surface area contributed by atoms with E-state index in [1.54, 1.807) is 54.5 Å². The molecule has 2 aromatic heterocycles. The van der Waals surface area contributed by atoms with Crippen molar-refractivity contribution < 1.29 is 18.7 Å². The summed E-state index contributed by atoms with van der Waals surface area (Å²) in [4.78, 5) is 33.3. The Morgan fingerprint density at radius 3 is 2.75 bits per heavy atom. The number of methoxy groups -OCH3 is 2. The summed E-state index contributed by atoms with van der Waals surface area (Å²) in [6.07, 6.45) is 5.65. The van der Waals surface area contributed by atoms with Gasteiger partial charge in [-0.3, -0.25) is 14.8 Å². The van der Waals surface area contributed by atoms with Gasteiger partial charge in [-0.05, 0) is 18.6 Å². The molecule has 1 amide bonds. The van der Waals surface area contributed by atoms with Gasteiger partial charge in [-0.1, -0.05) is 0 Å². The highest BCUT2D eigenvalue weighted by atomic mass is 19.1. The molecule has 1 unspecified atom stereocenters. The molecule has 2 N–H and O–H groups in total. The number of halogens is 1. The van der Waals surface area contributed by atoms with Crippen LogP contribution in [-0.2, 0) is 4.79 Å². The van der Waals surface area contributed by atoms with Crippen molar-refractivity contribution in [3.8, 4) is 11.5 Å². The zero-order valence-corrected chi connectivity index (χ0v) is 20.6. The van der Waals surface area contributed by atoms with E-state index in [0.29, 0.717) is 53.4 Å². The standard InChI is InChI=1S/C25H28FN7O3/c1-28-12-15(11-27)19-13-29-18-6-7-22(31-25(18)30-19)33(14-16-5-8-23(34)32(16)2)20-9-17(35-3)10-21(36-4)24(20)26/h6-7,9-13,16H,5,8,14,27H2,1-4H3/b15-11+,28-12?. The number of carbonyl (C=O) groups is 1. The van der Waals surface area contributed by atoms with Crippen molar-refractivity contribution in [1.82, 2.24) is 19.9 Å². The van der Waals surface area contributed by atoms with Crippen LogP contribution in [0.4, 0.5) is 15.9 Å². The third-order valence-corrected chi connectivity index (χ3v) is 6.18. The van der Waals surface area contributed by atoms with Gasteiger partial charge in [-0.2, -0.15) is 0 Å². The lowest BCUT2D eigenvalue weighted by Crippen LogP contribution is -2.38. The second-order valence-corrected chi connectivity index (χ2v) is 8.25. The molecule has 0 aliphatic carbocycles. The molecule has 3 heterocycles. The van der Waals surface area contributed by atoms with Gasteiger partial charge in [-0.25, -0.2) is 14.4 Å². The lowest BCUT2D eigenvalue weighted by Gasteiger charge is -2.30. The van der Waals surface area contributed by atoms with Crippen molar-refractivity contribution in [2.75, 3.05) is 39.8 Å². The van der Waals surface area contributed by atoms with Crippen LogP contribution in [0, 0.1) is 5.82 Å². The molecule has 3 aromatic rings. The van der Waals surface area contributed by atoms with E-state index in [0.717, 1.165) is 0 Å². The molecule has 1 aromatic carbocycles. The summed E-state index contributed by atoms with van der Waals surface area (Å²) in [5.41, 5.74) is 7.93. The number of aliphatic imine (C=N–C) groups is 1. The number of nitrogens with zero attached hydrogens (tertiary/aromatic N) is 6. The van der Waals surface area contributed by atoms with Gasteiger partial charge in [0.25, 0.3) is 0 Å². The Labute approximate surface area is 208 Å². The smallest absolute Gasteiger partial charge is 0.222 e. The van der Waals surface area contributed by atoms with Gasteiger partial charge >= 0.3 is 0 Å². The Balaban J connectivity index is 1.86. The maximum Gasteiger partial charge on any atom is 0.222 e. The molecule has 36 heavy (non-hydrogen) atoms. The molecular weight excluding hydrogens is 465 g/mol. The van der Waals surface area contributed by atoms with Crippen LogP contribution < -0.4 is 20.1 Å². The van der Waals surface area contributed by atoms with Crippen LogP contribution in [-0.4, -0.2) is 72.9 Å². The topological polar surface area (TPSA) is 119 Å². The number of rotatable bonds is 8. The number of nitrogens with two attached hydrogens (primary N) is 1. The highest BCUT2D eigenvalue weighted by Crippen LogP contribution is 2.37. The number of likely N-dealkylation sites (tertiary alicyclic amines) is 1. The first-order valence-electron chi connectivity index (χ1n) is 11.3. The molecule has 1 fully saturated rings.